The molecule has 0 atom stereocenters. The third-order valence-corrected chi connectivity index (χ3v) is 4.43. The minimum absolute atomic E-state index is 0. The Bertz CT molecular complexity index is 733. The Balaban J connectivity index is 0.00000261. The van der Waals surface area contributed by atoms with E-state index in [1.165, 1.54) is 13.2 Å². The number of rotatable bonds is 5. The first kappa shape index (κ1) is 21.4. The standard InChI is InChI=1S/C18H24FN5O2.HI/c1-20-18(21-12-14-3-4-17(25-2)16(19)11-14)24-8-6-23(7-9-24)13-15-5-10-26-22-15;/h3-5,10-11H,6-9,12-13H2,1-2H3,(H,20,21);1H. The van der Waals surface area contributed by atoms with Gasteiger partial charge in [0.25, 0.3) is 0 Å². The van der Waals surface area contributed by atoms with E-state index in [4.69, 9.17) is 9.26 Å². The maximum atomic E-state index is 13.8. The van der Waals surface area contributed by atoms with Gasteiger partial charge >= 0.3 is 0 Å². The fourth-order valence-electron chi connectivity index (χ4n) is 3.00. The Morgan fingerprint density at radius 1 is 1.30 bits per heavy atom. The summed E-state index contributed by atoms with van der Waals surface area (Å²) in [6.45, 7) is 4.88. The predicted octanol–water partition coefficient (Wildman–Crippen LogP) is 2.33. The zero-order valence-electron chi connectivity index (χ0n) is 15.5. The highest BCUT2D eigenvalue weighted by Crippen LogP contribution is 2.17. The third-order valence-electron chi connectivity index (χ3n) is 4.43. The average molecular weight is 489 g/mol. The molecule has 0 unspecified atom stereocenters. The van der Waals surface area contributed by atoms with Gasteiger partial charge in [0.15, 0.2) is 17.5 Å². The maximum Gasteiger partial charge on any atom is 0.194 e. The first-order valence-corrected chi connectivity index (χ1v) is 8.59. The lowest BCUT2D eigenvalue weighted by molar-refractivity contribution is 0.169. The van der Waals surface area contributed by atoms with E-state index in [9.17, 15) is 4.39 Å². The smallest absolute Gasteiger partial charge is 0.194 e. The molecular weight excluding hydrogens is 464 g/mol. The molecule has 148 valence electrons. The molecular formula is C18H25FIN5O2. The van der Waals surface area contributed by atoms with Gasteiger partial charge in [-0.05, 0) is 17.7 Å². The number of aromatic nitrogens is 1. The second kappa shape index (κ2) is 10.5. The van der Waals surface area contributed by atoms with Crippen LogP contribution < -0.4 is 10.1 Å². The second-order valence-corrected chi connectivity index (χ2v) is 6.12. The Hall–Kier alpha value is -1.88. The number of hydrogen-bond acceptors (Lipinski definition) is 5. The van der Waals surface area contributed by atoms with Crippen molar-refractivity contribution in [2.45, 2.75) is 13.1 Å². The van der Waals surface area contributed by atoms with Gasteiger partial charge in [-0.2, -0.15) is 0 Å². The van der Waals surface area contributed by atoms with Gasteiger partial charge in [0, 0.05) is 52.4 Å². The van der Waals surface area contributed by atoms with Crippen molar-refractivity contribution < 1.29 is 13.7 Å². The van der Waals surface area contributed by atoms with Crippen molar-refractivity contribution in [2.24, 2.45) is 4.99 Å². The number of guanidine groups is 1. The summed E-state index contributed by atoms with van der Waals surface area (Å²) in [5.74, 6) is 0.715. The van der Waals surface area contributed by atoms with E-state index in [1.54, 1.807) is 19.4 Å². The summed E-state index contributed by atoms with van der Waals surface area (Å²) in [5.41, 5.74) is 1.79. The molecule has 1 aliphatic rings. The number of benzene rings is 1. The van der Waals surface area contributed by atoms with Gasteiger partial charge in [0.1, 0.15) is 6.26 Å². The average Bonchev–Trinajstić information content (AvgIpc) is 3.16. The van der Waals surface area contributed by atoms with Crippen LogP contribution in [0.25, 0.3) is 0 Å². The summed E-state index contributed by atoms with van der Waals surface area (Å²) in [7, 11) is 3.22. The van der Waals surface area contributed by atoms with E-state index in [-0.39, 0.29) is 35.5 Å². The SMILES string of the molecule is CN=C(NCc1ccc(OC)c(F)c1)N1CCN(Cc2ccon2)CC1.I. The number of nitrogens with one attached hydrogen (secondary N) is 1. The minimum atomic E-state index is -0.358. The van der Waals surface area contributed by atoms with Crippen LogP contribution in [0.4, 0.5) is 4.39 Å². The molecule has 2 heterocycles. The van der Waals surface area contributed by atoms with Gasteiger partial charge in [-0.25, -0.2) is 4.39 Å². The fourth-order valence-corrected chi connectivity index (χ4v) is 3.00. The molecule has 1 aromatic carbocycles. The molecule has 0 saturated carbocycles. The van der Waals surface area contributed by atoms with Crippen LogP contribution in [0.15, 0.2) is 40.0 Å². The highest BCUT2D eigenvalue weighted by Gasteiger charge is 2.20. The molecule has 0 radical (unpaired) electrons. The number of halogens is 2. The van der Waals surface area contributed by atoms with Crippen LogP contribution in [0, 0.1) is 5.82 Å². The lowest BCUT2D eigenvalue weighted by Crippen LogP contribution is -2.52. The molecule has 0 spiro atoms. The van der Waals surface area contributed by atoms with E-state index in [0.29, 0.717) is 6.54 Å². The fraction of sp³-hybridized carbons (Fsp3) is 0.444. The van der Waals surface area contributed by atoms with Crippen LogP contribution >= 0.6 is 24.0 Å². The highest BCUT2D eigenvalue weighted by atomic mass is 127. The molecule has 1 fully saturated rings. The molecule has 0 aliphatic carbocycles. The van der Waals surface area contributed by atoms with Crippen molar-refractivity contribution in [1.29, 1.82) is 0 Å². The molecule has 1 N–H and O–H groups in total. The first-order chi connectivity index (χ1) is 12.7. The van der Waals surface area contributed by atoms with Crippen molar-refractivity contribution in [3.8, 4) is 5.75 Å². The van der Waals surface area contributed by atoms with Gasteiger partial charge in [0.05, 0.1) is 12.8 Å². The molecule has 9 heteroatoms. The van der Waals surface area contributed by atoms with Gasteiger partial charge in [-0.3, -0.25) is 9.89 Å². The van der Waals surface area contributed by atoms with Gasteiger partial charge in [0.2, 0.25) is 0 Å². The topological polar surface area (TPSA) is 66.1 Å². The van der Waals surface area contributed by atoms with Crippen LogP contribution in [0.1, 0.15) is 11.3 Å². The number of ether oxygens (including phenoxy) is 1. The molecule has 2 aromatic rings. The quantitative estimate of drug-likeness (QED) is 0.395. The number of aliphatic imine (C=N–C) groups is 1. The van der Waals surface area contributed by atoms with E-state index in [1.807, 2.05) is 12.1 Å². The van der Waals surface area contributed by atoms with Crippen molar-refractivity contribution >= 4 is 29.9 Å². The van der Waals surface area contributed by atoms with Crippen LogP contribution in [0.5, 0.6) is 5.75 Å². The van der Waals surface area contributed by atoms with Crippen LogP contribution in [-0.2, 0) is 13.1 Å². The third kappa shape index (κ3) is 5.80. The summed E-state index contributed by atoms with van der Waals surface area (Å²) in [6.07, 6.45) is 1.60. The maximum absolute atomic E-state index is 13.8. The Kier molecular flexibility index (Phi) is 8.29. The lowest BCUT2D eigenvalue weighted by Gasteiger charge is -2.36. The summed E-state index contributed by atoms with van der Waals surface area (Å²) in [4.78, 5) is 8.89. The lowest BCUT2D eigenvalue weighted by atomic mass is 10.2. The molecule has 7 nitrogen and oxygen atoms in total. The highest BCUT2D eigenvalue weighted by molar-refractivity contribution is 14.0. The largest absolute Gasteiger partial charge is 0.494 e. The molecule has 1 aromatic heterocycles. The van der Waals surface area contributed by atoms with Crippen molar-refractivity contribution in [2.75, 3.05) is 40.3 Å². The summed E-state index contributed by atoms with van der Waals surface area (Å²) in [5, 5.41) is 7.26. The first-order valence-electron chi connectivity index (χ1n) is 8.59. The zero-order chi connectivity index (χ0) is 18.4. The number of nitrogens with zero attached hydrogens (tertiary/aromatic N) is 4. The minimum Gasteiger partial charge on any atom is -0.494 e. The van der Waals surface area contributed by atoms with E-state index in [2.05, 4.69) is 25.3 Å². The van der Waals surface area contributed by atoms with Crippen LogP contribution in [0.2, 0.25) is 0 Å². The van der Waals surface area contributed by atoms with Crippen molar-refractivity contribution in [3.63, 3.8) is 0 Å². The van der Waals surface area contributed by atoms with Crippen LogP contribution in [-0.4, -0.2) is 61.3 Å². The zero-order valence-corrected chi connectivity index (χ0v) is 17.9. The molecule has 3 rings (SSSR count). The molecule has 27 heavy (non-hydrogen) atoms. The van der Waals surface area contributed by atoms with E-state index >= 15 is 0 Å². The molecule has 1 aliphatic heterocycles. The van der Waals surface area contributed by atoms with Crippen molar-refractivity contribution in [3.05, 3.63) is 47.6 Å². The van der Waals surface area contributed by atoms with Crippen molar-refractivity contribution in [1.82, 2.24) is 20.3 Å². The summed E-state index contributed by atoms with van der Waals surface area (Å²) in [6, 6.07) is 6.85. The molecule has 0 amide bonds. The monoisotopic (exact) mass is 489 g/mol. The molecule has 0 bridgehead atoms. The number of piperazine rings is 1. The molecule has 1 saturated heterocycles. The van der Waals surface area contributed by atoms with Gasteiger partial charge in [-0.1, -0.05) is 11.2 Å². The Morgan fingerprint density at radius 2 is 2.07 bits per heavy atom. The Labute approximate surface area is 175 Å². The normalized spacial score (nSPS) is 15.4. The van der Waals surface area contributed by atoms with E-state index in [0.717, 1.165) is 49.9 Å². The number of hydrogen-bond donors (Lipinski definition) is 1. The van der Waals surface area contributed by atoms with E-state index < -0.39 is 0 Å². The number of methoxy groups -OCH3 is 1. The van der Waals surface area contributed by atoms with Crippen LogP contribution in [0.3, 0.4) is 0 Å². The predicted molar refractivity (Wildman–Crippen MR) is 112 cm³/mol. The summed E-state index contributed by atoms with van der Waals surface area (Å²) < 4.78 is 23.6. The van der Waals surface area contributed by atoms with Gasteiger partial charge < -0.3 is 19.5 Å². The summed E-state index contributed by atoms with van der Waals surface area (Å²) >= 11 is 0. The second-order valence-electron chi connectivity index (χ2n) is 6.12. The van der Waals surface area contributed by atoms with Gasteiger partial charge in [-0.15, -0.1) is 24.0 Å². The Morgan fingerprint density at radius 3 is 2.67 bits per heavy atom.